The summed E-state index contributed by atoms with van der Waals surface area (Å²) in [5.41, 5.74) is 1.11. The van der Waals surface area contributed by atoms with Gasteiger partial charge < -0.3 is 15.3 Å². The van der Waals surface area contributed by atoms with Crippen molar-refractivity contribution >= 4 is 29.2 Å². The molecule has 1 atom stereocenters. The van der Waals surface area contributed by atoms with Crippen LogP contribution < -0.4 is 15.1 Å². The lowest BCUT2D eigenvalue weighted by Crippen LogP contribution is -2.63. The standard InChI is InChI=1S/C13H13N3O4/c1-15-9-4-7(13(19)20)2-3-8(9)16-10(12(15)18)5-14-6-11(16)17/h2-4,10,14H,5-6H2,1H3,(H,19,20). The summed E-state index contributed by atoms with van der Waals surface area (Å²) in [6.45, 7) is 0.572. The molecule has 0 radical (unpaired) electrons. The molecular weight excluding hydrogens is 262 g/mol. The van der Waals surface area contributed by atoms with Crippen LogP contribution in [0.2, 0.25) is 0 Å². The van der Waals surface area contributed by atoms with Gasteiger partial charge in [-0.25, -0.2) is 4.79 Å². The number of carboxylic acids is 1. The summed E-state index contributed by atoms with van der Waals surface area (Å²) in [6.07, 6.45) is 0. The Bertz CT molecular complexity index is 628. The summed E-state index contributed by atoms with van der Waals surface area (Å²) in [5, 5.41) is 11.9. The monoisotopic (exact) mass is 275 g/mol. The van der Waals surface area contributed by atoms with Crippen molar-refractivity contribution in [3.8, 4) is 0 Å². The van der Waals surface area contributed by atoms with E-state index in [1.165, 1.54) is 21.9 Å². The molecule has 0 aliphatic carbocycles. The predicted octanol–water partition coefficient (Wildman–Crippen LogP) is -0.334. The number of rotatable bonds is 1. The number of hydrogen-bond donors (Lipinski definition) is 2. The highest BCUT2D eigenvalue weighted by Gasteiger charge is 2.41. The van der Waals surface area contributed by atoms with Crippen molar-refractivity contribution in [1.82, 2.24) is 5.32 Å². The van der Waals surface area contributed by atoms with Gasteiger partial charge in [-0.15, -0.1) is 0 Å². The number of carbonyl (C=O) groups excluding carboxylic acids is 2. The average molecular weight is 275 g/mol. The van der Waals surface area contributed by atoms with Gasteiger partial charge in [-0.1, -0.05) is 0 Å². The van der Waals surface area contributed by atoms with Gasteiger partial charge in [0.1, 0.15) is 6.04 Å². The molecule has 0 aromatic heterocycles. The third-order valence-electron chi connectivity index (χ3n) is 3.65. The molecule has 2 N–H and O–H groups in total. The summed E-state index contributed by atoms with van der Waals surface area (Å²) in [4.78, 5) is 38.2. The molecule has 20 heavy (non-hydrogen) atoms. The van der Waals surface area contributed by atoms with Crippen molar-refractivity contribution in [2.24, 2.45) is 0 Å². The van der Waals surface area contributed by atoms with Gasteiger partial charge in [-0.05, 0) is 18.2 Å². The Hall–Kier alpha value is -2.41. The Labute approximate surface area is 114 Å². The van der Waals surface area contributed by atoms with Gasteiger partial charge in [0.25, 0.3) is 5.91 Å². The maximum absolute atomic E-state index is 12.3. The fourth-order valence-electron chi connectivity index (χ4n) is 2.64. The van der Waals surface area contributed by atoms with E-state index in [2.05, 4.69) is 5.32 Å². The lowest BCUT2D eigenvalue weighted by Gasteiger charge is -2.42. The molecule has 1 unspecified atom stereocenters. The molecule has 1 aromatic carbocycles. The Morgan fingerprint density at radius 3 is 2.80 bits per heavy atom. The van der Waals surface area contributed by atoms with E-state index in [-0.39, 0.29) is 23.9 Å². The fourth-order valence-corrected chi connectivity index (χ4v) is 2.64. The molecule has 2 aliphatic rings. The summed E-state index contributed by atoms with van der Waals surface area (Å²) in [6, 6.07) is 3.88. The molecule has 0 saturated carbocycles. The van der Waals surface area contributed by atoms with E-state index in [4.69, 9.17) is 5.11 Å². The summed E-state index contributed by atoms with van der Waals surface area (Å²) < 4.78 is 0. The highest BCUT2D eigenvalue weighted by Crippen LogP contribution is 2.36. The fraction of sp³-hybridized carbons (Fsp3) is 0.308. The van der Waals surface area contributed by atoms with Crippen LogP contribution in [0.3, 0.4) is 0 Å². The minimum absolute atomic E-state index is 0.0874. The van der Waals surface area contributed by atoms with Gasteiger partial charge in [0.05, 0.1) is 23.5 Å². The molecule has 104 valence electrons. The topological polar surface area (TPSA) is 90.0 Å². The quantitative estimate of drug-likeness (QED) is 0.732. The minimum Gasteiger partial charge on any atom is -0.478 e. The number of piperazine rings is 1. The molecule has 2 heterocycles. The van der Waals surface area contributed by atoms with Crippen molar-refractivity contribution in [2.75, 3.05) is 29.9 Å². The van der Waals surface area contributed by atoms with E-state index in [1.54, 1.807) is 13.1 Å². The number of anilines is 2. The molecule has 0 bridgehead atoms. The van der Waals surface area contributed by atoms with Crippen molar-refractivity contribution in [2.45, 2.75) is 6.04 Å². The van der Waals surface area contributed by atoms with Crippen molar-refractivity contribution in [3.63, 3.8) is 0 Å². The normalized spacial score (nSPS) is 21.6. The second-order valence-electron chi connectivity index (χ2n) is 4.82. The number of likely N-dealkylation sites (N-methyl/N-ethyl adjacent to an activating group) is 1. The first-order valence-corrected chi connectivity index (χ1v) is 6.18. The van der Waals surface area contributed by atoms with Crippen LogP contribution in [-0.4, -0.2) is 49.1 Å². The molecule has 7 nitrogen and oxygen atoms in total. The van der Waals surface area contributed by atoms with Crippen LogP contribution in [0, 0.1) is 0 Å². The van der Waals surface area contributed by atoms with E-state index in [9.17, 15) is 14.4 Å². The first-order chi connectivity index (χ1) is 9.50. The van der Waals surface area contributed by atoms with Crippen LogP contribution in [0.1, 0.15) is 10.4 Å². The zero-order chi connectivity index (χ0) is 14.4. The average Bonchev–Trinajstić information content (AvgIpc) is 2.44. The van der Waals surface area contributed by atoms with Crippen LogP contribution in [0.4, 0.5) is 11.4 Å². The number of carboxylic acid groups (broad SMARTS) is 1. The first kappa shape index (κ1) is 12.6. The lowest BCUT2D eigenvalue weighted by atomic mass is 10.0. The molecule has 0 spiro atoms. The number of fused-ring (bicyclic) bond motifs is 3. The van der Waals surface area contributed by atoms with E-state index in [1.807, 2.05) is 0 Å². The zero-order valence-corrected chi connectivity index (χ0v) is 10.8. The Morgan fingerprint density at radius 1 is 1.35 bits per heavy atom. The maximum atomic E-state index is 12.3. The molecule has 2 aliphatic heterocycles. The van der Waals surface area contributed by atoms with Crippen LogP contribution in [0.5, 0.6) is 0 Å². The summed E-state index contributed by atoms with van der Waals surface area (Å²) in [5.74, 6) is -1.48. The van der Waals surface area contributed by atoms with Crippen molar-refractivity contribution in [3.05, 3.63) is 23.8 Å². The van der Waals surface area contributed by atoms with E-state index in [0.717, 1.165) is 0 Å². The summed E-state index contributed by atoms with van der Waals surface area (Å²) in [7, 11) is 1.59. The molecule has 1 aromatic rings. The second kappa shape index (κ2) is 4.31. The highest BCUT2D eigenvalue weighted by atomic mass is 16.4. The third kappa shape index (κ3) is 1.67. The number of benzene rings is 1. The van der Waals surface area contributed by atoms with Gasteiger partial charge in [0.15, 0.2) is 0 Å². The largest absolute Gasteiger partial charge is 0.478 e. The van der Waals surface area contributed by atoms with Gasteiger partial charge in [-0.3, -0.25) is 14.5 Å². The molecular formula is C13H13N3O4. The molecule has 7 heteroatoms. The number of nitrogens with zero attached hydrogens (tertiary/aromatic N) is 2. The Balaban J connectivity index is 2.16. The Morgan fingerprint density at radius 2 is 2.10 bits per heavy atom. The predicted molar refractivity (Wildman–Crippen MR) is 71.0 cm³/mol. The molecule has 1 fully saturated rings. The molecule has 3 rings (SSSR count). The number of aromatic carboxylic acids is 1. The second-order valence-corrected chi connectivity index (χ2v) is 4.82. The lowest BCUT2D eigenvalue weighted by molar-refractivity contribution is -0.126. The van der Waals surface area contributed by atoms with E-state index >= 15 is 0 Å². The van der Waals surface area contributed by atoms with E-state index < -0.39 is 12.0 Å². The van der Waals surface area contributed by atoms with E-state index in [0.29, 0.717) is 17.9 Å². The Kier molecular flexibility index (Phi) is 2.72. The van der Waals surface area contributed by atoms with Crippen LogP contribution >= 0.6 is 0 Å². The molecule has 1 saturated heterocycles. The first-order valence-electron chi connectivity index (χ1n) is 6.18. The van der Waals surface area contributed by atoms with Crippen LogP contribution in [0.25, 0.3) is 0 Å². The number of carbonyl (C=O) groups is 3. The number of nitrogens with one attached hydrogen (secondary N) is 1. The minimum atomic E-state index is -1.07. The van der Waals surface area contributed by atoms with Crippen molar-refractivity contribution < 1.29 is 19.5 Å². The number of hydrogen-bond acceptors (Lipinski definition) is 4. The van der Waals surface area contributed by atoms with Gasteiger partial charge >= 0.3 is 5.97 Å². The highest BCUT2D eigenvalue weighted by molar-refractivity contribution is 6.14. The van der Waals surface area contributed by atoms with Crippen LogP contribution in [0.15, 0.2) is 18.2 Å². The smallest absolute Gasteiger partial charge is 0.335 e. The zero-order valence-electron chi connectivity index (χ0n) is 10.8. The number of amides is 2. The van der Waals surface area contributed by atoms with Crippen LogP contribution in [-0.2, 0) is 9.59 Å². The summed E-state index contributed by atoms with van der Waals surface area (Å²) >= 11 is 0. The maximum Gasteiger partial charge on any atom is 0.335 e. The SMILES string of the molecule is CN1C(=O)C2CNCC(=O)N2c2ccc(C(=O)O)cc21. The van der Waals surface area contributed by atoms with Crippen molar-refractivity contribution in [1.29, 1.82) is 0 Å². The molecule has 2 amide bonds. The third-order valence-corrected chi connectivity index (χ3v) is 3.65. The van der Waals surface area contributed by atoms with Gasteiger partial charge in [0.2, 0.25) is 5.91 Å². The van der Waals surface area contributed by atoms with Gasteiger partial charge in [-0.2, -0.15) is 0 Å². The van der Waals surface area contributed by atoms with Gasteiger partial charge in [0, 0.05) is 13.6 Å².